The third-order valence-corrected chi connectivity index (χ3v) is 5.44. The van der Waals surface area contributed by atoms with Crippen LogP contribution in [0.4, 0.5) is 4.39 Å². The van der Waals surface area contributed by atoms with Crippen LogP contribution >= 0.6 is 0 Å². The van der Waals surface area contributed by atoms with Gasteiger partial charge in [0, 0.05) is 12.0 Å². The molecule has 0 radical (unpaired) electrons. The predicted molar refractivity (Wildman–Crippen MR) is 119 cm³/mol. The van der Waals surface area contributed by atoms with E-state index in [-0.39, 0.29) is 12.4 Å². The summed E-state index contributed by atoms with van der Waals surface area (Å²) in [6.45, 7) is -0.389. The van der Waals surface area contributed by atoms with E-state index in [2.05, 4.69) is 10.2 Å². The Kier molecular flexibility index (Phi) is 5.54. The van der Waals surface area contributed by atoms with Gasteiger partial charge in [-0.2, -0.15) is 9.78 Å². The Morgan fingerprint density at radius 3 is 2.53 bits per heavy atom. The van der Waals surface area contributed by atoms with Gasteiger partial charge in [0.15, 0.2) is 0 Å². The van der Waals surface area contributed by atoms with Crippen molar-refractivity contribution in [2.24, 2.45) is 5.10 Å². The fourth-order valence-electron chi connectivity index (χ4n) is 3.72. The first-order valence-electron chi connectivity index (χ1n) is 10.4. The van der Waals surface area contributed by atoms with Crippen molar-refractivity contribution in [2.45, 2.75) is 19.0 Å². The fourth-order valence-corrected chi connectivity index (χ4v) is 3.72. The summed E-state index contributed by atoms with van der Waals surface area (Å²) in [5.74, 6) is -0.430. The lowest BCUT2D eigenvalue weighted by Crippen LogP contribution is -2.33. The maximum Gasteiger partial charge on any atom is 0.437 e. The molecule has 1 atom stereocenters. The molecular formula is C24H19FN4O5. The quantitative estimate of drug-likeness (QED) is 0.434. The average molecular weight is 462 g/mol. The van der Waals surface area contributed by atoms with Crippen LogP contribution in [0.15, 0.2) is 85.7 Å². The SMILES string of the molecule is COc1ccc(C2=NN(C(=O)Cn3nc(-c4ccc(F)cc4)oc3=O)C(c3ccco3)C2)cc1. The van der Waals surface area contributed by atoms with Gasteiger partial charge < -0.3 is 13.6 Å². The van der Waals surface area contributed by atoms with Gasteiger partial charge in [-0.15, -0.1) is 5.10 Å². The summed E-state index contributed by atoms with van der Waals surface area (Å²) in [4.78, 5) is 25.5. The minimum absolute atomic E-state index is 0.00997. The molecule has 2 aromatic heterocycles. The molecule has 1 unspecified atom stereocenters. The van der Waals surface area contributed by atoms with Gasteiger partial charge in [-0.25, -0.2) is 14.2 Å². The van der Waals surface area contributed by atoms with Crippen LogP contribution in [-0.4, -0.2) is 33.5 Å². The van der Waals surface area contributed by atoms with E-state index in [1.807, 2.05) is 24.3 Å². The minimum atomic E-state index is -0.805. The van der Waals surface area contributed by atoms with Crippen LogP contribution in [0.25, 0.3) is 11.5 Å². The fraction of sp³-hybridized carbons (Fsp3) is 0.167. The summed E-state index contributed by atoms with van der Waals surface area (Å²) in [6, 6.07) is 15.7. The van der Waals surface area contributed by atoms with Crippen molar-refractivity contribution in [3.63, 3.8) is 0 Å². The highest BCUT2D eigenvalue weighted by Crippen LogP contribution is 2.33. The minimum Gasteiger partial charge on any atom is -0.497 e. The van der Waals surface area contributed by atoms with Crippen LogP contribution in [0.2, 0.25) is 0 Å². The molecule has 0 aliphatic carbocycles. The number of ether oxygens (including phenoxy) is 1. The van der Waals surface area contributed by atoms with Gasteiger partial charge in [-0.05, 0) is 66.2 Å². The van der Waals surface area contributed by atoms with E-state index in [1.165, 1.54) is 35.5 Å². The zero-order valence-corrected chi connectivity index (χ0v) is 18.1. The summed E-state index contributed by atoms with van der Waals surface area (Å²) < 4.78 is 30.0. The number of carbonyl (C=O) groups excluding carboxylic acids is 1. The highest BCUT2D eigenvalue weighted by Gasteiger charge is 2.35. The second kappa shape index (κ2) is 8.81. The van der Waals surface area contributed by atoms with Crippen molar-refractivity contribution < 1.29 is 22.8 Å². The van der Waals surface area contributed by atoms with Crippen molar-refractivity contribution in [1.29, 1.82) is 0 Å². The molecule has 0 bridgehead atoms. The number of nitrogens with zero attached hydrogens (tertiary/aromatic N) is 4. The molecule has 5 rings (SSSR count). The first kappa shape index (κ1) is 21.4. The van der Waals surface area contributed by atoms with Crippen molar-refractivity contribution in [1.82, 2.24) is 14.8 Å². The van der Waals surface area contributed by atoms with E-state index in [9.17, 15) is 14.0 Å². The highest BCUT2D eigenvalue weighted by atomic mass is 19.1. The number of hydrogen-bond donors (Lipinski definition) is 0. The number of furan rings is 1. The maximum atomic E-state index is 13.2. The Morgan fingerprint density at radius 1 is 1.12 bits per heavy atom. The number of hydrazone groups is 1. The smallest absolute Gasteiger partial charge is 0.437 e. The van der Waals surface area contributed by atoms with Gasteiger partial charge in [0.25, 0.3) is 5.91 Å². The lowest BCUT2D eigenvalue weighted by atomic mass is 10.0. The molecule has 0 spiro atoms. The van der Waals surface area contributed by atoms with E-state index in [0.717, 1.165) is 10.2 Å². The number of rotatable bonds is 6. The zero-order valence-electron chi connectivity index (χ0n) is 18.1. The second-order valence-electron chi connectivity index (χ2n) is 7.59. The maximum absolute atomic E-state index is 13.2. The molecule has 0 saturated carbocycles. The Bertz CT molecular complexity index is 1390. The van der Waals surface area contributed by atoms with E-state index in [0.29, 0.717) is 29.2 Å². The molecule has 0 N–H and O–H groups in total. The molecule has 0 fully saturated rings. The first-order valence-corrected chi connectivity index (χ1v) is 10.4. The Morgan fingerprint density at radius 2 is 1.85 bits per heavy atom. The van der Waals surface area contributed by atoms with E-state index < -0.39 is 23.5 Å². The molecule has 3 heterocycles. The number of halogens is 1. The molecule has 1 amide bonds. The first-order chi connectivity index (χ1) is 16.5. The van der Waals surface area contributed by atoms with Crippen molar-refractivity contribution in [2.75, 3.05) is 7.11 Å². The number of benzene rings is 2. The largest absolute Gasteiger partial charge is 0.497 e. The van der Waals surface area contributed by atoms with Crippen LogP contribution in [0, 0.1) is 5.82 Å². The second-order valence-corrected chi connectivity index (χ2v) is 7.59. The molecule has 10 heteroatoms. The topological polar surface area (TPSA) is 103 Å². The van der Waals surface area contributed by atoms with Crippen LogP contribution in [0.3, 0.4) is 0 Å². The summed E-state index contributed by atoms with van der Waals surface area (Å²) in [5.41, 5.74) is 1.95. The Hall–Kier alpha value is -4.47. The van der Waals surface area contributed by atoms with Crippen LogP contribution in [-0.2, 0) is 11.3 Å². The lowest BCUT2D eigenvalue weighted by molar-refractivity contribution is -0.134. The number of hydrogen-bond acceptors (Lipinski definition) is 7. The summed E-state index contributed by atoms with van der Waals surface area (Å²) in [6.07, 6.45) is 1.96. The third-order valence-electron chi connectivity index (χ3n) is 5.44. The van der Waals surface area contributed by atoms with Crippen LogP contribution < -0.4 is 10.5 Å². The molecule has 0 saturated heterocycles. The van der Waals surface area contributed by atoms with E-state index in [1.54, 1.807) is 19.2 Å². The van der Waals surface area contributed by atoms with Gasteiger partial charge in [0.2, 0.25) is 5.89 Å². The summed E-state index contributed by atoms with van der Waals surface area (Å²) in [5, 5.41) is 9.93. The molecule has 9 nitrogen and oxygen atoms in total. The summed E-state index contributed by atoms with van der Waals surface area (Å²) >= 11 is 0. The molecular weight excluding hydrogens is 443 g/mol. The van der Waals surface area contributed by atoms with Crippen molar-refractivity contribution in [3.8, 4) is 17.2 Å². The van der Waals surface area contributed by atoms with Gasteiger partial charge in [0.1, 0.15) is 29.9 Å². The van der Waals surface area contributed by atoms with Crippen LogP contribution in [0.5, 0.6) is 5.75 Å². The number of aromatic nitrogens is 2. The van der Waals surface area contributed by atoms with Crippen LogP contribution in [0.1, 0.15) is 23.8 Å². The Labute approximate surface area is 192 Å². The van der Waals surface area contributed by atoms with E-state index in [4.69, 9.17) is 13.6 Å². The number of carbonyl (C=O) groups is 1. The molecule has 2 aromatic carbocycles. The normalized spacial score (nSPS) is 15.4. The van der Waals surface area contributed by atoms with Gasteiger partial charge in [-0.3, -0.25) is 4.79 Å². The summed E-state index contributed by atoms with van der Waals surface area (Å²) in [7, 11) is 1.59. The monoisotopic (exact) mass is 462 g/mol. The van der Waals surface area contributed by atoms with E-state index >= 15 is 0 Å². The predicted octanol–water partition coefficient (Wildman–Crippen LogP) is 3.62. The Balaban J connectivity index is 1.42. The third kappa shape index (κ3) is 4.13. The van der Waals surface area contributed by atoms with Gasteiger partial charge in [-0.1, -0.05) is 0 Å². The average Bonchev–Trinajstić information content (AvgIpc) is 3.60. The molecule has 172 valence electrons. The standard InChI is InChI=1S/C24H19FN4O5/c1-32-18-10-6-15(7-11-18)19-13-20(21-3-2-12-33-21)29(26-19)22(30)14-28-24(31)34-23(27-28)16-4-8-17(25)9-5-16/h2-12,20H,13-14H2,1H3. The van der Waals surface area contributed by atoms with Crippen molar-refractivity contribution in [3.05, 3.63) is 94.6 Å². The lowest BCUT2D eigenvalue weighted by Gasteiger charge is -2.19. The number of amides is 1. The van der Waals surface area contributed by atoms with Gasteiger partial charge >= 0.3 is 5.76 Å². The molecule has 1 aliphatic heterocycles. The molecule has 4 aromatic rings. The zero-order chi connectivity index (χ0) is 23.7. The molecule has 34 heavy (non-hydrogen) atoms. The molecule has 1 aliphatic rings. The highest BCUT2D eigenvalue weighted by molar-refractivity contribution is 6.03. The van der Waals surface area contributed by atoms with Crippen molar-refractivity contribution >= 4 is 11.6 Å². The van der Waals surface area contributed by atoms with Gasteiger partial charge in [0.05, 0.1) is 19.1 Å². The number of methoxy groups -OCH3 is 1.